The highest BCUT2D eigenvalue weighted by atomic mass is 32.2. The molecule has 10 heteroatoms. The first-order valence-electron chi connectivity index (χ1n) is 35.2. The van der Waals surface area contributed by atoms with Gasteiger partial charge in [0.15, 0.2) is 0 Å². The lowest BCUT2D eigenvalue weighted by Crippen LogP contribution is -2.29. The zero-order chi connectivity index (χ0) is 62.0. The number of aryl methyl sites for hydroxylation is 4. The summed E-state index contributed by atoms with van der Waals surface area (Å²) in [6, 6.07) is 19.4. The number of nitrogens with zero attached hydrogens (tertiary/aromatic N) is 4. The van der Waals surface area contributed by atoms with Gasteiger partial charge in [-0.3, -0.25) is 0 Å². The lowest BCUT2D eigenvalue weighted by Gasteiger charge is -2.48. The Morgan fingerprint density at radius 1 is 0.311 bits per heavy atom. The molecule has 0 radical (unpaired) electrons. The van der Waals surface area contributed by atoms with Gasteiger partial charge in [0.2, 0.25) is 0 Å². The number of nitrogens with one attached hydrogen (secondary N) is 4. The second-order valence-corrected chi connectivity index (χ2v) is 29.5. The van der Waals surface area contributed by atoms with Crippen LogP contribution in [0.2, 0.25) is 0 Å². The molecule has 5 aliphatic heterocycles. The zero-order valence-corrected chi connectivity index (χ0v) is 57.3. The number of hydrogen-bond acceptors (Lipinski definition) is 6. The third kappa shape index (κ3) is 9.49. The maximum absolute atomic E-state index is 5.67. The fourth-order valence-electron chi connectivity index (χ4n) is 17.5. The number of aromatic nitrogens is 8. The van der Waals surface area contributed by atoms with Gasteiger partial charge in [-0.1, -0.05) is 105 Å². The van der Waals surface area contributed by atoms with Crippen LogP contribution in [0.4, 0.5) is 0 Å². The van der Waals surface area contributed by atoms with Gasteiger partial charge in [0.05, 0.1) is 45.6 Å². The Balaban J connectivity index is 0.923. The minimum atomic E-state index is 0.293. The Morgan fingerprint density at radius 3 is 0.733 bits per heavy atom. The predicted molar refractivity (Wildman–Crippen MR) is 386 cm³/mol. The first kappa shape index (κ1) is 59.7. The van der Waals surface area contributed by atoms with Crippen molar-refractivity contribution in [2.45, 2.75) is 235 Å². The van der Waals surface area contributed by atoms with Crippen molar-refractivity contribution in [1.82, 2.24) is 39.9 Å². The first-order chi connectivity index (χ1) is 43.9. The van der Waals surface area contributed by atoms with E-state index in [0.717, 1.165) is 174 Å². The van der Waals surface area contributed by atoms with E-state index >= 15 is 0 Å². The fourth-order valence-corrected chi connectivity index (χ4v) is 20.9. The van der Waals surface area contributed by atoms with Gasteiger partial charge in [0.1, 0.15) is 0 Å². The molecule has 0 spiro atoms. The molecule has 4 N–H and O–H groups in total. The summed E-state index contributed by atoms with van der Waals surface area (Å²) in [7, 11) is 0. The molecule has 11 heterocycles. The monoisotopic (exact) mass is 1230 g/mol. The summed E-state index contributed by atoms with van der Waals surface area (Å²) in [5, 5.41) is 0. The van der Waals surface area contributed by atoms with Crippen LogP contribution < -0.4 is 0 Å². The molecule has 6 aromatic rings. The van der Waals surface area contributed by atoms with E-state index < -0.39 is 0 Å². The Kier molecular flexibility index (Phi) is 15.8. The molecule has 4 unspecified atom stereocenters. The van der Waals surface area contributed by atoms with E-state index in [-0.39, 0.29) is 0 Å². The summed E-state index contributed by atoms with van der Waals surface area (Å²) in [6.07, 6.45) is 21.7. The first-order valence-corrected chi connectivity index (χ1v) is 36.8. The van der Waals surface area contributed by atoms with Gasteiger partial charge in [0, 0.05) is 87.4 Å². The third-order valence-electron chi connectivity index (χ3n) is 22.3. The van der Waals surface area contributed by atoms with Gasteiger partial charge < -0.3 is 19.9 Å². The standard InChI is InChI=1S/C80H92N8S2/c1-13-21-25-49-41(9)57-33-69-73-53-29-30-54(74(73)70(87-69)34-58-42(10)50(26-22-14-2)66(82-58)38-62-46(18-6)45(17-5)61(85-62)37-65(49)81-57)78-77(53)89-79-55-31-32-56(80(79)90-78)76-72-36-60-44(12)52(28-24-16-4)68(84-60)40-64-48(20-8)47(19-7)63(86-64)39-67-51(27-23-15-3)43(11)59(83-67)35-71(88-72)75(55)76/h33-40,53-56,85-88H,13-32H2,1-12H3. The molecule has 0 fully saturated rings. The average Bonchev–Trinajstić information content (AvgIpc) is 1.33. The maximum Gasteiger partial charge on any atom is 0.0693 e. The van der Waals surface area contributed by atoms with E-state index in [0.29, 0.717) is 23.7 Å². The molecule has 90 heavy (non-hydrogen) atoms. The molecule has 6 aromatic heterocycles. The van der Waals surface area contributed by atoms with Crippen LogP contribution in [0.15, 0.2) is 68.2 Å². The van der Waals surface area contributed by atoms with Crippen molar-refractivity contribution in [3.8, 4) is 0 Å². The number of H-pyrrole nitrogens is 4. The Labute approximate surface area is 542 Å². The Bertz CT molecular complexity index is 4040. The quantitative estimate of drug-likeness (QED) is 0.0768. The number of aromatic amines is 4. The van der Waals surface area contributed by atoms with E-state index in [9.17, 15) is 0 Å². The van der Waals surface area contributed by atoms with Crippen LogP contribution in [0.3, 0.4) is 0 Å². The van der Waals surface area contributed by atoms with Crippen molar-refractivity contribution in [1.29, 1.82) is 0 Å². The van der Waals surface area contributed by atoms with Crippen molar-refractivity contribution in [2.24, 2.45) is 0 Å². The number of thioether (sulfide) groups is 2. The lowest BCUT2D eigenvalue weighted by atomic mass is 9.71. The third-order valence-corrected chi connectivity index (χ3v) is 25.4. The second-order valence-electron chi connectivity index (χ2n) is 27.3. The van der Waals surface area contributed by atoms with E-state index in [1.807, 2.05) is 0 Å². The molecule has 17 rings (SSSR count). The van der Waals surface area contributed by atoms with Crippen molar-refractivity contribution < 1.29 is 0 Å². The largest absolute Gasteiger partial charge is 0.355 e. The minimum Gasteiger partial charge on any atom is -0.355 e. The summed E-state index contributed by atoms with van der Waals surface area (Å²) < 4.78 is 0. The van der Waals surface area contributed by atoms with Crippen molar-refractivity contribution in [3.05, 3.63) is 158 Å². The van der Waals surface area contributed by atoms with E-state index in [1.165, 1.54) is 133 Å². The minimum absolute atomic E-state index is 0.293. The van der Waals surface area contributed by atoms with Crippen molar-refractivity contribution >= 4 is 112 Å². The molecule has 4 atom stereocenters. The molecule has 0 saturated heterocycles. The maximum atomic E-state index is 5.67. The highest BCUT2D eigenvalue weighted by Gasteiger charge is 2.51. The zero-order valence-electron chi connectivity index (χ0n) is 55.7. The topological polar surface area (TPSA) is 115 Å². The molecule has 11 aliphatic rings. The average molecular weight is 1230 g/mol. The molecular weight excluding hydrogens is 1140 g/mol. The van der Waals surface area contributed by atoms with Crippen LogP contribution in [-0.4, -0.2) is 39.9 Å². The number of hydrogen-bond donors (Lipinski definition) is 4. The van der Waals surface area contributed by atoms with Gasteiger partial charge in [-0.15, -0.1) is 0 Å². The number of allylic oxidation sites excluding steroid dienone is 12. The van der Waals surface area contributed by atoms with Gasteiger partial charge in [-0.25, -0.2) is 19.9 Å². The van der Waals surface area contributed by atoms with Gasteiger partial charge in [-0.05, 0) is 268 Å². The summed E-state index contributed by atoms with van der Waals surface area (Å²) in [6.45, 7) is 27.9. The molecule has 464 valence electrons. The molecule has 0 aromatic carbocycles. The molecule has 6 aliphatic carbocycles. The van der Waals surface area contributed by atoms with Crippen LogP contribution in [0.25, 0.3) is 88.7 Å². The highest BCUT2D eigenvalue weighted by molar-refractivity contribution is 8.13. The highest BCUT2D eigenvalue weighted by Crippen LogP contribution is 2.72. The molecule has 0 amide bonds. The smallest absolute Gasteiger partial charge is 0.0693 e. The van der Waals surface area contributed by atoms with Crippen LogP contribution >= 0.6 is 23.5 Å². The number of fused-ring (bicyclic) bond motifs is 18. The number of rotatable bonds is 16. The molecule has 20 bridgehead atoms. The Morgan fingerprint density at radius 2 is 0.522 bits per heavy atom. The van der Waals surface area contributed by atoms with E-state index in [4.69, 9.17) is 19.9 Å². The van der Waals surface area contributed by atoms with Crippen molar-refractivity contribution in [2.75, 3.05) is 0 Å². The fraction of sp³-hybridized carbons (Fsp3) is 0.450. The summed E-state index contributed by atoms with van der Waals surface area (Å²) in [5.74, 6) is 1.17. The SMILES string of the molecule is CCCCC1=C(C)c2cc3[nH]c(cc4nc(cc5[nH]c(cc1n2)c(CC)c5CC)C(CCCC)=C4C)c1c3C2CCC1C1=C2SC2=C(S1)C1CCC2c2c1c1cc3nc(cc4[nH]c(cc5nc(cc2[nH]1)C(C)=C5CCCC)c(CC)c4CC)C(CCCC)=C3C. The van der Waals surface area contributed by atoms with Crippen LogP contribution in [0, 0.1) is 0 Å². The normalized spacial score (nSPS) is 20.0. The summed E-state index contributed by atoms with van der Waals surface area (Å²) in [5.41, 5.74) is 41.0. The predicted octanol–water partition coefficient (Wildman–Crippen LogP) is 23.2. The lowest BCUT2D eigenvalue weighted by molar-refractivity contribution is 0.537. The second kappa shape index (κ2) is 23.8. The molecule has 0 saturated carbocycles. The molecular formula is C80H92N8S2. The van der Waals surface area contributed by atoms with E-state index in [2.05, 4.69) is 175 Å². The van der Waals surface area contributed by atoms with Gasteiger partial charge in [-0.2, -0.15) is 0 Å². The van der Waals surface area contributed by atoms with Crippen LogP contribution in [-0.2, 0) is 25.7 Å². The van der Waals surface area contributed by atoms with Gasteiger partial charge in [0.25, 0.3) is 0 Å². The Hall–Kier alpha value is -6.62. The summed E-state index contributed by atoms with van der Waals surface area (Å²) in [4.78, 5) is 45.5. The molecule has 8 nitrogen and oxygen atoms in total. The van der Waals surface area contributed by atoms with Crippen LogP contribution in [0.5, 0.6) is 0 Å². The van der Waals surface area contributed by atoms with E-state index in [1.54, 1.807) is 19.6 Å². The van der Waals surface area contributed by atoms with Crippen LogP contribution in [0.1, 0.15) is 300 Å². The van der Waals surface area contributed by atoms with Crippen molar-refractivity contribution in [3.63, 3.8) is 0 Å². The number of unbranched alkanes of at least 4 members (excludes halogenated alkanes) is 4. The van der Waals surface area contributed by atoms with Gasteiger partial charge >= 0.3 is 0 Å². The summed E-state index contributed by atoms with van der Waals surface area (Å²) >= 11 is 4.38.